The highest BCUT2D eigenvalue weighted by Crippen LogP contribution is 2.28. The Morgan fingerprint density at radius 2 is 1.62 bits per heavy atom. The van der Waals surface area contributed by atoms with E-state index in [0.29, 0.717) is 17.0 Å². The highest BCUT2D eigenvalue weighted by molar-refractivity contribution is 7.92. The van der Waals surface area contributed by atoms with Crippen molar-refractivity contribution in [2.75, 3.05) is 25.0 Å². The van der Waals surface area contributed by atoms with Gasteiger partial charge in [-0.25, -0.2) is 8.42 Å². The zero-order valence-corrected chi connectivity index (χ0v) is 22.6. The quantitative estimate of drug-likeness (QED) is 0.438. The third kappa shape index (κ3) is 6.48. The smallest absolute Gasteiger partial charge is 0.264 e. The molecule has 9 heteroatoms. The summed E-state index contributed by atoms with van der Waals surface area (Å²) in [6.07, 6.45) is 0. The van der Waals surface area contributed by atoms with Crippen LogP contribution in [0.2, 0.25) is 0 Å². The molecule has 0 unspecified atom stereocenters. The Bertz CT molecular complexity index is 1340. The van der Waals surface area contributed by atoms with Crippen molar-refractivity contribution in [1.29, 1.82) is 0 Å². The van der Waals surface area contributed by atoms with E-state index in [1.54, 1.807) is 69.5 Å². The molecule has 1 N–H and O–H groups in total. The summed E-state index contributed by atoms with van der Waals surface area (Å²) in [4.78, 5) is 27.8. The molecule has 0 fully saturated rings. The number of methoxy groups -OCH3 is 1. The number of anilines is 1. The molecule has 0 saturated carbocycles. The van der Waals surface area contributed by atoms with Gasteiger partial charge in [-0.05, 0) is 67.8 Å². The lowest BCUT2D eigenvalue weighted by Gasteiger charge is -2.32. The standard InChI is InChI=1S/C28H33N3O5S/c1-20-11-12-21(2)26(17-20)31(37(34,35)25-9-7-6-8-10-25)19-27(32)30(22(3)28(33)29-4)18-23-13-15-24(36-5)16-14-23/h6-17,22H,18-19H2,1-5H3,(H,29,33)/t22-/m0/s1. The summed E-state index contributed by atoms with van der Waals surface area (Å²) in [5.74, 6) is -0.200. The molecule has 37 heavy (non-hydrogen) atoms. The molecule has 0 aliphatic rings. The van der Waals surface area contributed by atoms with Crippen molar-refractivity contribution in [2.45, 2.75) is 38.3 Å². The fourth-order valence-electron chi connectivity index (χ4n) is 3.94. The van der Waals surface area contributed by atoms with Crippen LogP contribution in [-0.4, -0.2) is 51.9 Å². The molecular formula is C28H33N3O5S. The first-order valence-corrected chi connectivity index (χ1v) is 13.3. The molecule has 1 atom stereocenters. The lowest BCUT2D eigenvalue weighted by molar-refractivity contribution is -0.139. The maximum Gasteiger partial charge on any atom is 0.264 e. The summed E-state index contributed by atoms with van der Waals surface area (Å²) in [6.45, 7) is 4.92. The lowest BCUT2D eigenvalue weighted by Crippen LogP contribution is -2.50. The molecule has 0 bridgehead atoms. The average Bonchev–Trinajstić information content (AvgIpc) is 2.91. The number of amides is 2. The average molecular weight is 524 g/mol. The van der Waals surface area contributed by atoms with Crippen LogP contribution in [0, 0.1) is 13.8 Å². The van der Waals surface area contributed by atoms with Gasteiger partial charge in [0.15, 0.2) is 0 Å². The van der Waals surface area contributed by atoms with Crippen molar-refractivity contribution in [3.63, 3.8) is 0 Å². The number of carbonyl (C=O) groups is 2. The van der Waals surface area contributed by atoms with Gasteiger partial charge in [-0.15, -0.1) is 0 Å². The van der Waals surface area contributed by atoms with Gasteiger partial charge in [-0.3, -0.25) is 13.9 Å². The summed E-state index contributed by atoms with van der Waals surface area (Å²) < 4.78 is 33.9. The van der Waals surface area contributed by atoms with Gasteiger partial charge in [0.25, 0.3) is 10.0 Å². The maximum atomic E-state index is 13.8. The van der Waals surface area contributed by atoms with Gasteiger partial charge in [0.1, 0.15) is 18.3 Å². The van der Waals surface area contributed by atoms with Gasteiger partial charge in [-0.2, -0.15) is 0 Å². The van der Waals surface area contributed by atoms with Crippen LogP contribution < -0.4 is 14.4 Å². The monoisotopic (exact) mass is 523 g/mol. The fourth-order valence-corrected chi connectivity index (χ4v) is 5.43. The summed E-state index contributed by atoms with van der Waals surface area (Å²) in [6, 6.07) is 19.8. The zero-order chi connectivity index (χ0) is 27.2. The van der Waals surface area contributed by atoms with Crippen LogP contribution >= 0.6 is 0 Å². The molecule has 0 aliphatic heterocycles. The molecule has 196 valence electrons. The number of hydrogen-bond donors (Lipinski definition) is 1. The van der Waals surface area contributed by atoms with E-state index >= 15 is 0 Å². The first-order valence-electron chi connectivity index (χ1n) is 11.9. The minimum absolute atomic E-state index is 0.0739. The van der Waals surface area contributed by atoms with Gasteiger partial charge >= 0.3 is 0 Å². The molecule has 0 radical (unpaired) electrons. The highest BCUT2D eigenvalue weighted by atomic mass is 32.2. The molecule has 3 rings (SSSR count). The summed E-state index contributed by atoms with van der Waals surface area (Å²) in [5.41, 5.74) is 2.75. The normalized spacial score (nSPS) is 11.9. The lowest BCUT2D eigenvalue weighted by atomic mass is 10.1. The Morgan fingerprint density at radius 1 is 0.973 bits per heavy atom. The largest absolute Gasteiger partial charge is 0.497 e. The number of carbonyl (C=O) groups excluding carboxylic acids is 2. The van der Waals surface area contributed by atoms with E-state index < -0.39 is 28.5 Å². The number of rotatable bonds is 10. The number of nitrogens with zero attached hydrogens (tertiary/aromatic N) is 2. The number of ether oxygens (including phenoxy) is 1. The van der Waals surface area contributed by atoms with E-state index in [4.69, 9.17) is 4.74 Å². The molecular weight excluding hydrogens is 490 g/mol. The Balaban J connectivity index is 2.05. The Hall–Kier alpha value is -3.85. The minimum Gasteiger partial charge on any atom is -0.497 e. The Labute approximate surface area is 218 Å². The third-order valence-electron chi connectivity index (χ3n) is 6.17. The van der Waals surface area contributed by atoms with Gasteiger partial charge < -0.3 is 15.0 Å². The molecule has 3 aromatic carbocycles. The van der Waals surface area contributed by atoms with Crippen LogP contribution in [0.3, 0.4) is 0 Å². The first kappa shape index (κ1) is 27.7. The minimum atomic E-state index is -4.09. The van der Waals surface area contributed by atoms with Crippen LogP contribution in [0.5, 0.6) is 5.75 Å². The van der Waals surface area contributed by atoms with Crippen molar-refractivity contribution in [2.24, 2.45) is 0 Å². The summed E-state index contributed by atoms with van der Waals surface area (Å²) >= 11 is 0. The van der Waals surface area contributed by atoms with Crippen molar-refractivity contribution >= 4 is 27.5 Å². The SMILES string of the molecule is CNC(=O)[C@H](C)N(Cc1ccc(OC)cc1)C(=O)CN(c1cc(C)ccc1C)S(=O)(=O)c1ccccc1. The second-order valence-electron chi connectivity index (χ2n) is 8.77. The van der Waals surface area contributed by atoms with Gasteiger partial charge in [-0.1, -0.05) is 42.5 Å². The number of hydrogen-bond acceptors (Lipinski definition) is 5. The molecule has 0 aromatic heterocycles. The van der Waals surface area contributed by atoms with Crippen molar-refractivity contribution in [3.05, 3.63) is 89.5 Å². The van der Waals surface area contributed by atoms with Gasteiger partial charge in [0.05, 0.1) is 17.7 Å². The van der Waals surface area contributed by atoms with E-state index in [9.17, 15) is 18.0 Å². The third-order valence-corrected chi connectivity index (χ3v) is 7.94. The first-order chi connectivity index (χ1) is 17.6. The van der Waals surface area contributed by atoms with E-state index in [1.165, 1.54) is 24.1 Å². The van der Waals surface area contributed by atoms with Crippen LogP contribution in [0.1, 0.15) is 23.6 Å². The van der Waals surface area contributed by atoms with Crippen LogP contribution in [0.4, 0.5) is 5.69 Å². The zero-order valence-electron chi connectivity index (χ0n) is 21.8. The van der Waals surface area contributed by atoms with Crippen molar-refractivity contribution in [3.8, 4) is 5.75 Å². The molecule has 0 aliphatic carbocycles. The van der Waals surface area contributed by atoms with E-state index in [-0.39, 0.29) is 17.3 Å². The molecule has 8 nitrogen and oxygen atoms in total. The molecule has 2 amide bonds. The number of nitrogens with one attached hydrogen (secondary N) is 1. The number of aryl methyl sites for hydroxylation is 2. The number of sulfonamides is 1. The summed E-state index contributed by atoms with van der Waals surface area (Å²) in [7, 11) is -1.03. The second kappa shape index (κ2) is 11.9. The highest BCUT2D eigenvalue weighted by Gasteiger charge is 2.32. The predicted octanol–water partition coefficient (Wildman–Crippen LogP) is 3.67. The maximum absolute atomic E-state index is 13.8. The topological polar surface area (TPSA) is 96.0 Å². The molecule has 0 spiro atoms. The van der Waals surface area contributed by atoms with Crippen LogP contribution in [0.15, 0.2) is 77.7 Å². The van der Waals surface area contributed by atoms with E-state index in [2.05, 4.69) is 5.32 Å². The fraction of sp³-hybridized carbons (Fsp3) is 0.286. The predicted molar refractivity (Wildman–Crippen MR) is 144 cm³/mol. The Kier molecular flexibility index (Phi) is 8.94. The van der Waals surface area contributed by atoms with Gasteiger partial charge in [0, 0.05) is 13.6 Å². The molecule has 0 heterocycles. The van der Waals surface area contributed by atoms with Gasteiger partial charge in [0.2, 0.25) is 11.8 Å². The van der Waals surface area contributed by atoms with E-state index in [0.717, 1.165) is 15.4 Å². The number of likely N-dealkylation sites (N-methyl/N-ethyl adjacent to an activating group) is 1. The number of benzene rings is 3. The molecule has 0 saturated heterocycles. The van der Waals surface area contributed by atoms with Crippen molar-refractivity contribution < 1.29 is 22.7 Å². The van der Waals surface area contributed by atoms with Crippen LogP contribution in [0.25, 0.3) is 0 Å². The van der Waals surface area contributed by atoms with Crippen molar-refractivity contribution in [1.82, 2.24) is 10.2 Å². The van der Waals surface area contributed by atoms with E-state index in [1.807, 2.05) is 19.1 Å². The summed E-state index contributed by atoms with van der Waals surface area (Å²) in [5, 5.41) is 2.58. The Morgan fingerprint density at radius 3 is 2.22 bits per heavy atom. The molecule has 3 aromatic rings. The second-order valence-corrected chi connectivity index (χ2v) is 10.6. The van der Waals surface area contributed by atoms with Crippen LogP contribution in [-0.2, 0) is 26.2 Å².